The lowest BCUT2D eigenvalue weighted by Gasteiger charge is -2.29. The van der Waals surface area contributed by atoms with Gasteiger partial charge in [0.05, 0.1) is 11.4 Å². The highest BCUT2D eigenvalue weighted by molar-refractivity contribution is 9.10. The van der Waals surface area contributed by atoms with Gasteiger partial charge in [0, 0.05) is 22.0 Å². The third kappa shape index (κ3) is 4.22. The average Bonchev–Trinajstić information content (AvgIpc) is 2.90. The predicted octanol–water partition coefficient (Wildman–Crippen LogP) is 4.11. The second kappa shape index (κ2) is 7.44. The minimum atomic E-state index is -0.298. The highest BCUT2D eigenvalue weighted by atomic mass is 79.9. The Hall–Kier alpha value is -2.19. The van der Waals surface area contributed by atoms with Crippen molar-refractivity contribution in [3.05, 3.63) is 51.4 Å². The third-order valence-corrected chi connectivity index (χ3v) is 5.21. The van der Waals surface area contributed by atoms with E-state index in [2.05, 4.69) is 45.6 Å². The van der Waals surface area contributed by atoms with Crippen LogP contribution in [0.5, 0.6) is 0 Å². The summed E-state index contributed by atoms with van der Waals surface area (Å²) >= 11 is 8.29. The van der Waals surface area contributed by atoms with Crippen LogP contribution in [-0.4, -0.2) is 16.7 Å². The van der Waals surface area contributed by atoms with Gasteiger partial charge in [0.1, 0.15) is 5.76 Å². The van der Waals surface area contributed by atoms with Crippen molar-refractivity contribution in [3.8, 4) is 0 Å². The number of hydrogen-bond donors (Lipinski definition) is 3. The molecule has 0 bridgehead atoms. The number of nitrogens with two attached hydrogens (primary N) is 1. The molecule has 1 amide bonds. The Kier molecular flexibility index (Phi) is 5.39. The molecule has 0 aliphatic heterocycles. The number of rotatable bonds is 3. The van der Waals surface area contributed by atoms with Gasteiger partial charge in [-0.15, -0.1) is 0 Å². The number of carbonyl (C=O) groups is 1. The molecule has 2 aromatic rings. The maximum Gasteiger partial charge on any atom is 0.291 e. The van der Waals surface area contributed by atoms with E-state index < -0.39 is 0 Å². The number of hydrogen-bond acceptors (Lipinski definition) is 4. The summed E-state index contributed by atoms with van der Waals surface area (Å²) in [5.41, 5.74) is 11.2. The zero-order chi connectivity index (χ0) is 19.8. The Labute approximate surface area is 171 Å². The van der Waals surface area contributed by atoms with Crippen molar-refractivity contribution in [1.29, 1.82) is 0 Å². The molecule has 1 heterocycles. The summed E-state index contributed by atoms with van der Waals surface area (Å²) in [6.45, 7) is 6.13. The van der Waals surface area contributed by atoms with Crippen LogP contribution in [0.15, 0.2) is 38.3 Å². The summed E-state index contributed by atoms with van der Waals surface area (Å²) in [5.74, 6) is 0.745. The number of carbonyl (C=O) groups excluding carboxylic acids is 1. The zero-order valence-electron chi connectivity index (χ0n) is 15.4. The van der Waals surface area contributed by atoms with E-state index in [4.69, 9.17) is 22.4 Å². The van der Waals surface area contributed by atoms with Crippen molar-refractivity contribution >= 4 is 50.6 Å². The van der Waals surface area contributed by atoms with Gasteiger partial charge in [-0.2, -0.15) is 5.10 Å². The normalized spacial score (nSPS) is 16.7. The summed E-state index contributed by atoms with van der Waals surface area (Å²) in [4.78, 5) is 12.8. The molecule has 27 heavy (non-hydrogen) atoms. The Balaban J connectivity index is 1.98. The molecule has 0 radical (unpaired) electrons. The Morgan fingerprint density at radius 1 is 1.33 bits per heavy atom. The van der Waals surface area contributed by atoms with Crippen LogP contribution in [0.3, 0.4) is 0 Å². The van der Waals surface area contributed by atoms with Gasteiger partial charge in [0.25, 0.3) is 5.91 Å². The van der Waals surface area contributed by atoms with Crippen LogP contribution in [0.4, 0.5) is 5.69 Å². The molecule has 0 saturated carbocycles. The number of furan rings is 1. The first-order valence-electron chi connectivity index (χ1n) is 8.48. The van der Waals surface area contributed by atoms with Gasteiger partial charge >= 0.3 is 0 Å². The standard InChI is InChI=1S/C19H21BrN4O2S/c1-10-15-13(23-24-18(21)27)8-19(2,3)9-14(15)26-16(10)17(25)22-12-7-5-4-6-11(12)20/h4-7H,8-9H2,1-3H3,(H,22,25)(H3,21,24,27)/b23-13-. The summed E-state index contributed by atoms with van der Waals surface area (Å²) in [5, 5.41) is 7.34. The molecule has 0 atom stereocenters. The number of nitrogens with zero attached hydrogens (tertiary/aromatic N) is 1. The first kappa shape index (κ1) is 19.6. The molecule has 1 aromatic carbocycles. The molecule has 8 heteroatoms. The quantitative estimate of drug-likeness (QED) is 0.485. The number of anilines is 1. The SMILES string of the molecule is Cc1c(C(=O)Nc2ccccc2Br)oc2c1/C(=N\NC(N)=S)CC(C)(C)C2. The molecule has 1 aliphatic rings. The largest absolute Gasteiger partial charge is 0.455 e. The van der Waals surface area contributed by atoms with Crippen molar-refractivity contribution in [1.82, 2.24) is 5.43 Å². The van der Waals surface area contributed by atoms with Crippen molar-refractivity contribution in [2.75, 3.05) is 5.32 Å². The summed E-state index contributed by atoms with van der Waals surface area (Å²) < 4.78 is 6.79. The van der Waals surface area contributed by atoms with Crippen LogP contribution in [-0.2, 0) is 6.42 Å². The first-order chi connectivity index (χ1) is 12.7. The smallest absolute Gasteiger partial charge is 0.291 e. The predicted molar refractivity (Wildman–Crippen MR) is 114 cm³/mol. The summed E-state index contributed by atoms with van der Waals surface area (Å²) in [6.07, 6.45) is 1.44. The van der Waals surface area contributed by atoms with Crippen molar-refractivity contribution in [2.45, 2.75) is 33.6 Å². The van der Waals surface area contributed by atoms with Crippen LogP contribution < -0.4 is 16.5 Å². The van der Waals surface area contributed by atoms with Gasteiger partial charge in [-0.1, -0.05) is 26.0 Å². The van der Waals surface area contributed by atoms with E-state index in [1.807, 2.05) is 31.2 Å². The molecule has 1 aromatic heterocycles. The maximum absolute atomic E-state index is 12.8. The number of amides is 1. The number of thiocarbonyl (C=S) groups is 1. The number of para-hydroxylation sites is 1. The van der Waals surface area contributed by atoms with Gasteiger partial charge in [0.15, 0.2) is 10.9 Å². The Bertz CT molecular complexity index is 949. The monoisotopic (exact) mass is 448 g/mol. The fourth-order valence-corrected chi connectivity index (χ4v) is 3.72. The molecule has 0 fully saturated rings. The highest BCUT2D eigenvalue weighted by Gasteiger charge is 2.36. The van der Waals surface area contributed by atoms with E-state index in [9.17, 15) is 4.79 Å². The van der Waals surface area contributed by atoms with Gasteiger partial charge in [0.2, 0.25) is 0 Å². The molecular formula is C19H21BrN4O2S. The van der Waals surface area contributed by atoms with Crippen LogP contribution in [0, 0.1) is 12.3 Å². The van der Waals surface area contributed by atoms with Crippen molar-refractivity contribution in [3.63, 3.8) is 0 Å². The molecule has 6 nitrogen and oxygen atoms in total. The number of fused-ring (bicyclic) bond motifs is 1. The molecule has 142 valence electrons. The van der Waals surface area contributed by atoms with Crippen LogP contribution in [0.2, 0.25) is 0 Å². The summed E-state index contributed by atoms with van der Waals surface area (Å²) in [6, 6.07) is 7.43. The topological polar surface area (TPSA) is 92.6 Å². The Morgan fingerprint density at radius 2 is 2.04 bits per heavy atom. The van der Waals surface area contributed by atoms with E-state index in [-0.39, 0.29) is 22.2 Å². The number of benzene rings is 1. The lowest BCUT2D eigenvalue weighted by atomic mass is 9.75. The maximum atomic E-state index is 12.8. The van der Waals surface area contributed by atoms with Crippen LogP contribution >= 0.6 is 28.1 Å². The average molecular weight is 449 g/mol. The number of hydrazone groups is 1. The second-order valence-corrected chi connectivity index (χ2v) is 8.63. The van der Waals surface area contributed by atoms with Gasteiger partial charge in [-0.05, 0) is 59.0 Å². The van der Waals surface area contributed by atoms with E-state index >= 15 is 0 Å². The van der Waals surface area contributed by atoms with E-state index in [1.165, 1.54) is 0 Å². The molecule has 0 spiro atoms. The van der Waals surface area contributed by atoms with Crippen molar-refractivity contribution in [2.24, 2.45) is 16.3 Å². The number of nitrogens with one attached hydrogen (secondary N) is 2. The fourth-order valence-electron chi connectivity index (χ4n) is 3.29. The third-order valence-electron chi connectivity index (χ3n) is 4.42. The van der Waals surface area contributed by atoms with E-state index in [0.29, 0.717) is 5.69 Å². The fraction of sp³-hybridized carbons (Fsp3) is 0.316. The minimum absolute atomic E-state index is 0.0514. The molecular weight excluding hydrogens is 428 g/mol. The highest BCUT2D eigenvalue weighted by Crippen LogP contribution is 2.39. The lowest BCUT2D eigenvalue weighted by Crippen LogP contribution is -2.31. The van der Waals surface area contributed by atoms with Gasteiger partial charge in [-0.3, -0.25) is 10.2 Å². The Morgan fingerprint density at radius 3 is 2.70 bits per heavy atom. The van der Waals surface area contributed by atoms with Gasteiger partial charge < -0.3 is 15.5 Å². The molecule has 0 unspecified atom stereocenters. The zero-order valence-corrected chi connectivity index (χ0v) is 17.8. The molecule has 3 rings (SSSR count). The number of halogens is 1. The van der Waals surface area contributed by atoms with Crippen LogP contribution in [0.1, 0.15) is 47.7 Å². The summed E-state index contributed by atoms with van der Waals surface area (Å²) in [7, 11) is 0. The van der Waals surface area contributed by atoms with Crippen LogP contribution in [0.25, 0.3) is 0 Å². The van der Waals surface area contributed by atoms with Gasteiger partial charge in [-0.25, -0.2) is 0 Å². The molecule has 4 N–H and O–H groups in total. The van der Waals surface area contributed by atoms with E-state index in [1.54, 1.807) is 0 Å². The molecule has 1 aliphatic carbocycles. The molecule has 0 saturated heterocycles. The minimum Gasteiger partial charge on any atom is -0.455 e. The second-order valence-electron chi connectivity index (χ2n) is 7.34. The van der Waals surface area contributed by atoms with Crippen molar-refractivity contribution < 1.29 is 9.21 Å². The van der Waals surface area contributed by atoms with E-state index in [0.717, 1.165) is 39.9 Å². The first-order valence-corrected chi connectivity index (χ1v) is 9.68. The lowest BCUT2D eigenvalue weighted by molar-refractivity contribution is 0.0993.